The number of ether oxygens (including phenoxy) is 1. The number of anilines is 1. The fourth-order valence-electron chi connectivity index (χ4n) is 4.56. The molecular formula is C33H48N4O7. The average Bonchev–Trinajstić information content (AvgIpc) is 2.95. The number of para-hydroxylation sites is 1. The minimum absolute atomic E-state index is 0.0280. The monoisotopic (exact) mass is 612 g/mol. The van der Waals surface area contributed by atoms with Crippen LogP contribution >= 0.6 is 0 Å². The Hall–Kier alpha value is -3.96. The predicted molar refractivity (Wildman–Crippen MR) is 168 cm³/mol. The van der Waals surface area contributed by atoms with Gasteiger partial charge in [-0.25, -0.2) is 4.79 Å². The number of hydrogen-bond donors (Lipinski definition) is 6. The number of rotatable bonds is 16. The molecule has 2 rings (SSSR count). The van der Waals surface area contributed by atoms with Gasteiger partial charge in [-0.2, -0.15) is 0 Å². The van der Waals surface area contributed by atoms with Gasteiger partial charge in [-0.05, 0) is 54.7 Å². The lowest BCUT2D eigenvalue weighted by Gasteiger charge is -2.33. The summed E-state index contributed by atoms with van der Waals surface area (Å²) in [6.45, 7) is 11.2. The molecule has 0 saturated carbocycles. The Balaban J connectivity index is 2.18. The molecule has 0 fully saturated rings. The van der Waals surface area contributed by atoms with Crippen LogP contribution in [0, 0.1) is 17.8 Å². The molecule has 0 aliphatic heterocycles. The fourth-order valence-corrected chi connectivity index (χ4v) is 4.56. The number of alkyl carbamates (subject to hydrolysis) is 1. The molecule has 11 nitrogen and oxygen atoms in total. The maximum absolute atomic E-state index is 13.6. The number of hydrogen-bond acceptors (Lipinski definition) is 7. The highest BCUT2D eigenvalue weighted by Gasteiger charge is 2.44. The van der Waals surface area contributed by atoms with Crippen LogP contribution in [0.25, 0.3) is 0 Å². The van der Waals surface area contributed by atoms with E-state index in [0.29, 0.717) is 5.69 Å². The number of aliphatic hydroxyl groups is 2. The molecule has 0 aromatic heterocycles. The lowest BCUT2D eigenvalue weighted by molar-refractivity contribution is -0.193. The Labute approximate surface area is 260 Å². The molecule has 0 aliphatic rings. The van der Waals surface area contributed by atoms with Crippen molar-refractivity contribution in [1.82, 2.24) is 16.0 Å². The molecule has 0 aliphatic carbocycles. The normalized spacial score (nSPS) is 13.6. The molecule has 4 amide bonds. The van der Waals surface area contributed by atoms with Gasteiger partial charge in [-0.15, -0.1) is 0 Å². The van der Waals surface area contributed by atoms with Crippen molar-refractivity contribution in [2.75, 3.05) is 5.32 Å². The van der Waals surface area contributed by atoms with E-state index in [4.69, 9.17) is 4.74 Å². The Morgan fingerprint density at radius 1 is 0.682 bits per heavy atom. The number of nitrogens with one attached hydrogen (secondary N) is 4. The summed E-state index contributed by atoms with van der Waals surface area (Å²) in [7, 11) is 0. The minimum atomic E-state index is -2.95. The molecule has 242 valence electrons. The zero-order valence-electron chi connectivity index (χ0n) is 26.5. The molecule has 0 spiro atoms. The third kappa shape index (κ3) is 12.3. The van der Waals surface area contributed by atoms with Gasteiger partial charge < -0.3 is 36.2 Å². The topological polar surface area (TPSA) is 166 Å². The van der Waals surface area contributed by atoms with E-state index in [-0.39, 0.29) is 43.6 Å². The maximum Gasteiger partial charge on any atom is 0.408 e. The first-order valence-corrected chi connectivity index (χ1v) is 15.1. The Kier molecular flexibility index (Phi) is 14.3. The highest BCUT2D eigenvalue weighted by atomic mass is 16.5. The van der Waals surface area contributed by atoms with Crippen LogP contribution in [0.1, 0.15) is 66.4 Å². The first-order valence-electron chi connectivity index (χ1n) is 15.1. The van der Waals surface area contributed by atoms with Crippen LogP contribution in [0.4, 0.5) is 10.5 Å². The van der Waals surface area contributed by atoms with E-state index in [1.807, 2.05) is 71.9 Å². The first kappa shape index (κ1) is 36.2. The van der Waals surface area contributed by atoms with E-state index in [1.54, 1.807) is 30.3 Å². The molecule has 0 heterocycles. The van der Waals surface area contributed by atoms with Crippen molar-refractivity contribution >= 4 is 29.5 Å². The van der Waals surface area contributed by atoms with Crippen molar-refractivity contribution in [2.24, 2.45) is 17.8 Å². The smallest absolute Gasteiger partial charge is 0.408 e. The molecule has 2 aromatic rings. The van der Waals surface area contributed by atoms with Crippen molar-refractivity contribution in [3.8, 4) is 0 Å². The van der Waals surface area contributed by atoms with Crippen LogP contribution in [0.15, 0.2) is 60.7 Å². The molecule has 2 aromatic carbocycles. The quantitative estimate of drug-likeness (QED) is 0.157. The van der Waals surface area contributed by atoms with Crippen LogP contribution in [0.3, 0.4) is 0 Å². The second kappa shape index (κ2) is 17.4. The maximum atomic E-state index is 13.6. The predicted octanol–water partition coefficient (Wildman–Crippen LogP) is 3.71. The summed E-state index contributed by atoms with van der Waals surface area (Å²) in [4.78, 5) is 52.5. The molecule has 0 unspecified atom stereocenters. The summed E-state index contributed by atoms with van der Waals surface area (Å²) in [5.41, 5.74) is 1.15. The largest absolute Gasteiger partial charge is 0.445 e. The van der Waals surface area contributed by atoms with Crippen molar-refractivity contribution in [3.63, 3.8) is 0 Å². The average molecular weight is 613 g/mol. The Morgan fingerprint density at radius 2 is 1.16 bits per heavy atom. The van der Waals surface area contributed by atoms with Crippen molar-refractivity contribution < 1.29 is 34.1 Å². The standard InChI is InChI=1S/C33H48N4O7/c1-21(2)17-26(35-29(38)27(18-22(3)4)36-32(41)44-20-24-13-9-7-10-14-24)30(39)37-28(19-23(5)6)33(42,43)31(40)34-25-15-11-8-12-16-25/h7-16,21-23,26-28,42-43H,17-20H2,1-6H3,(H,34,40)(H,35,38)(H,36,41)(H,37,39)/t26-,27-,28-/m0/s1. The Morgan fingerprint density at radius 3 is 1.68 bits per heavy atom. The molecule has 6 N–H and O–H groups in total. The fraction of sp³-hybridized carbons (Fsp3) is 0.515. The van der Waals surface area contributed by atoms with Gasteiger partial charge in [0.15, 0.2) is 0 Å². The van der Waals surface area contributed by atoms with Gasteiger partial charge in [0.05, 0.1) is 6.04 Å². The minimum Gasteiger partial charge on any atom is -0.445 e. The second-order valence-corrected chi connectivity index (χ2v) is 12.3. The third-order valence-corrected chi connectivity index (χ3v) is 6.74. The van der Waals surface area contributed by atoms with Gasteiger partial charge >= 0.3 is 6.09 Å². The Bertz CT molecular complexity index is 1200. The highest BCUT2D eigenvalue weighted by Crippen LogP contribution is 2.20. The highest BCUT2D eigenvalue weighted by molar-refractivity contribution is 5.97. The molecular weight excluding hydrogens is 564 g/mol. The van der Waals surface area contributed by atoms with E-state index in [1.165, 1.54) is 0 Å². The second-order valence-electron chi connectivity index (χ2n) is 12.3. The zero-order valence-corrected chi connectivity index (χ0v) is 26.5. The van der Waals surface area contributed by atoms with Crippen LogP contribution in [-0.2, 0) is 25.7 Å². The van der Waals surface area contributed by atoms with E-state index in [9.17, 15) is 29.4 Å². The van der Waals surface area contributed by atoms with Gasteiger partial charge in [-0.1, -0.05) is 90.1 Å². The van der Waals surface area contributed by atoms with E-state index in [0.717, 1.165) is 5.56 Å². The van der Waals surface area contributed by atoms with E-state index in [2.05, 4.69) is 21.3 Å². The van der Waals surface area contributed by atoms with Crippen LogP contribution in [0.2, 0.25) is 0 Å². The van der Waals surface area contributed by atoms with Crippen LogP contribution in [0.5, 0.6) is 0 Å². The SMILES string of the molecule is CC(C)C[C@H](NC(=O)OCc1ccccc1)C(=O)N[C@@H](CC(C)C)C(=O)N[C@@H](CC(C)C)C(O)(O)C(=O)Nc1ccccc1. The van der Waals surface area contributed by atoms with Crippen LogP contribution < -0.4 is 21.3 Å². The zero-order chi connectivity index (χ0) is 32.9. The molecule has 44 heavy (non-hydrogen) atoms. The molecule has 3 atom stereocenters. The van der Waals surface area contributed by atoms with Gasteiger partial charge in [0.25, 0.3) is 11.7 Å². The molecule has 0 saturated heterocycles. The van der Waals surface area contributed by atoms with Crippen molar-refractivity contribution in [2.45, 2.75) is 91.3 Å². The summed E-state index contributed by atoms with van der Waals surface area (Å²) in [6.07, 6.45) is -0.201. The number of benzene rings is 2. The summed E-state index contributed by atoms with van der Waals surface area (Å²) < 4.78 is 5.30. The molecule has 0 radical (unpaired) electrons. The summed E-state index contributed by atoms with van der Waals surface area (Å²) in [6, 6.07) is 14.0. The van der Waals surface area contributed by atoms with Gasteiger partial charge in [-0.3, -0.25) is 14.4 Å². The van der Waals surface area contributed by atoms with Gasteiger partial charge in [0.1, 0.15) is 18.7 Å². The molecule has 11 heteroatoms. The summed E-state index contributed by atoms with van der Waals surface area (Å²) in [5, 5.41) is 32.3. The lowest BCUT2D eigenvalue weighted by Crippen LogP contribution is -2.62. The third-order valence-electron chi connectivity index (χ3n) is 6.74. The van der Waals surface area contributed by atoms with Gasteiger partial charge in [0.2, 0.25) is 11.8 Å². The number of carbonyl (C=O) groups excluding carboxylic acids is 4. The summed E-state index contributed by atoms with van der Waals surface area (Å²) in [5.74, 6) is -5.45. The lowest BCUT2D eigenvalue weighted by atomic mass is 9.94. The molecule has 0 bridgehead atoms. The number of amides is 4. The van der Waals surface area contributed by atoms with E-state index >= 15 is 0 Å². The van der Waals surface area contributed by atoms with Crippen LogP contribution in [-0.4, -0.2) is 57.9 Å². The van der Waals surface area contributed by atoms with Crippen molar-refractivity contribution in [3.05, 3.63) is 66.2 Å². The first-order chi connectivity index (χ1) is 20.7. The van der Waals surface area contributed by atoms with Crippen molar-refractivity contribution in [1.29, 1.82) is 0 Å². The van der Waals surface area contributed by atoms with E-state index < -0.39 is 47.7 Å². The number of carbonyl (C=O) groups is 4. The summed E-state index contributed by atoms with van der Waals surface area (Å²) >= 11 is 0. The van der Waals surface area contributed by atoms with Gasteiger partial charge in [0, 0.05) is 5.69 Å².